The molecule has 0 atom stereocenters. The van der Waals surface area contributed by atoms with Crippen LogP contribution in [-0.4, -0.2) is 21.7 Å². The molecule has 1 aliphatic heterocycles. The zero-order valence-electron chi connectivity index (χ0n) is 7.04. The van der Waals surface area contributed by atoms with E-state index in [2.05, 4.69) is 9.97 Å². The van der Waals surface area contributed by atoms with Crippen LogP contribution in [0.25, 0.3) is 0 Å². The molecule has 0 saturated carbocycles. The normalized spacial score (nSPS) is 14.5. The van der Waals surface area contributed by atoms with Gasteiger partial charge in [-0.3, -0.25) is 4.79 Å². The van der Waals surface area contributed by atoms with E-state index in [1.165, 1.54) is 0 Å². The van der Waals surface area contributed by atoms with Gasteiger partial charge in [0.05, 0.1) is 12.3 Å². The molecular weight excluding hydrogens is 188 g/mol. The second-order valence-corrected chi connectivity index (χ2v) is 3.89. The first-order valence-corrected chi connectivity index (χ1v) is 5.26. The summed E-state index contributed by atoms with van der Waals surface area (Å²) < 4.78 is 0. The Kier molecular flexibility index (Phi) is 2.37. The quantitative estimate of drug-likeness (QED) is 0.704. The molecular formula is C8H10N2O2S. The van der Waals surface area contributed by atoms with Crippen molar-refractivity contribution in [1.29, 1.82) is 0 Å². The minimum absolute atomic E-state index is 0.0227. The van der Waals surface area contributed by atoms with Gasteiger partial charge in [-0.25, -0.2) is 4.98 Å². The number of fused-ring (bicyclic) bond motifs is 1. The lowest BCUT2D eigenvalue weighted by Crippen LogP contribution is -2.17. The summed E-state index contributed by atoms with van der Waals surface area (Å²) in [6.45, 7) is 0.0227. The molecule has 1 aromatic heterocycles. The molecule has 13 heavy (non-hydrogen) atoms. The highest BCUT2D eigenvalue weighted by Crippen LogP contribution is 2.24. The van der Waals surface area contributed by atoms with Crippen molar-refractivity contribution >= 4 is 11.8 Å². The summed E-state index contributed by atoms with van der Waals surface area (Å²) in [5.41, 5.74) is 1.64. The predicted octanol–water partition coefficient (Wildman–Crippen LogP) is 0.0515. The van der Waals surface area contributed by atoms with Crippen molar-refractivity contribution < 1.29 is 5.11 Å². The first-order chi connectivity index (χ1) is 6.31. The predicted molar refractivity (Wildman–Crippen MR) is 50.6 cm³/mol. The smallest absolute Gasteiger partial charge is 0.255 e. The van der Waals surface area contributed by atoms with Gasteiger partial charge in [0.1, 0.15) is 5.82 Å². The number of hydrogen-bond acceptors (Lipinski definition) is 4. The monoisotopic (exact) mass is 198 g/mol. The van der Waals surface area contributed by atoms with Crippen LogP contribution in [0.4, 0.5) is 0 Å². The summed E-state index contributed by atoms with van der Waals surface area (Å²) in [6.07, 6.45) is 0.424. The molecule has 0 aromatic carbocycles. The summed E-state index contributed by atoms with van der Waals surface area (Å²) in [6, 6.07) is 0. The zero-order chi connectivity index (χ0) is 9.26. The average molecular weight is 198 g/mol. The third-order valence-corrected chi connectivity index (χ3v) is 2.95. The van der Waals surface area contributed by atoms with Gasteiger partial charge in [-0.15, -0.1) is 0 Å². The Morgan fingerprint density at radius 2 is 2.38 bits per heavy atom. The molecule has 2 N–H and O–H groups in total. The zero-order valence-corrected chi connectivity index (χ0v) is 7.86. The standard InChI is InChI=1S/C8H10N2O2S/c11-2-1-7-9-6-4-13-3-5(6)8(12)10-7/h11H,1-4H2,(H,9,10,12). The van der Waals surface area contributed by atoms with Gasteiger partial charge in [0.25, 0.3) is 5.56 Å². The SMILES string of the molecule is O=c1[nH]c(CCO)nc2c1CSC2. The first-order valence-electron chi connectivity index (χ1n) is 4.11. The fourth-order valence-electron chi connectivity index (χ4n) is 1.34. The number of aliphatic hydroxyl groups excluding tert-OH is 1. The fraction of sp³-hybridized carbons (Fsp3) is 0.500. The van der Waals surface area contributed by atoms with E-state index in [-0.39, 0.29) is 12.2 Å². The molecule has 4 nitrogen and oxygen atoms in total. The molecule has 2 rings (SSSR count). The van der Waals surface area contributed by atoms with E-state index in [1.54, 1.807) is 11.8 Å². The van der Waals surface area contributed by atoms with E-state index in [1.807, 2.05) is 0 Å². The average Bonchev–Trinajstić information content (AvgIpc) is 2.53. The van der Waals surface area contributed by atoms with Crippen LogP contribution in [0.15, 0.2) is 4.79 Å². The first kappa shape index (κ1) is 8.77. The Balaban J connectivity index is 2.44. The van der Waals surface area contributed by atoms with Gasteiger partial charge in [0.2, 0.25) is 0 Å². The second kappa shape index (κ2) is 3.51. The van der Waals surface area contributed by atoms with Gasteiger partial charge >= 0.3 is 0 Å². The third kappa shape index (κ3) is 1.62. The van der Waals surface area contributed by atoms with Crippen LogP contribution in [0.5, 0.6) is 0 Å². The van der Waals surface area contributed by atoms with Crippen LogP contribution >= 0.6 is 11.8 Å². The van der Waals surface area contributed by atoms with Crippen LogP contribution in [0, 0.1) is 0 Å². The maximum Gasteiger partial charge on any atom is 0.255 e. The number of aromatic amines is 1. The molecule has 0 bridgehead atoms. The molecule has 70 valence electrons. The van der Waals surface area contributed by atoms with Gasteiger partial charge in [-0.1, -0.05) is 0 Å². The summed E-state index contributed by atoms with van der Waals surface area (Å²) in [7, 11) is 0. The highest BCUT2D eigenvalue weighted by atomic mass is 32.2. The molecule has 1 aromatic rings. The van der Waals surface area contributed by atoms with E-state index < -0.39 is 0 Å². The minimum Gasteiger partial charge on any atom is -0.396 e. The van der Waals surface area contributed by atoms with E-state index in [4.69, 9.17) is 5.11 Å². The number of nitrogens with zero attached hydrogens (tertiary/aromatic N) is 1. The fourth-order valence-corrected chi connectivity index (χ4v) is 2.37. The van der Waals surface area contributed by atoms with Gasteiger partial charge in [0, 0.05) is 23.5 Å². The Hall–Kier alpha value is -0.810. The highest BCUT2D eigenvalue weighted by Gasteiger charge is 2.16. The molecule has 0 aliphatic carbocycles. The summed E-state index contributed by atoms with van der Waals surface area (Å²) in [4.78, 5) is 18.4. The third-order valence-electron chi connectivity index (χ3n) is 1.98. The van der Waals surface area contributed by atoms with Crippen molar-refractivity contribution in [2.24, 2.45) is 0 Å². The second-order valence-electron chi connectivity index (χ2n) is 2.90. The van der Waals surface area contributed by atoms with E-state index in [0.717, 1.165) is 22.8 Å². The number of rotatable bonds is 2. The highest BCUT2D eigenvalue weighted by molar-refractivity contribution is 7.98. The minimum atomic E-state index is -0.0431. The largest absolute Gasteiger partial charge is 0.396 e. The summed E-state index contributed by atoms with van der Waals surface area (Å²) in [5, 5.41) is 8.69. The number of H-pyrrole nitrogens is 1. The molecule has 0 radical (unpaired) electrons. The summed E-state index contributed by atoms with van der Waals surface area (Å²) >= 11 is 1.70. The molecule has 2 heterocycles. The topological polar surface area (TPSA) is 66.0 Å². The van der Waals surface area contributed by atoms with Gasteiger partial charge < -0.3 is 10.1 Å². The molecule has 0 fully saturated rings. The molecule has 5 heteroatoms. The molecule has 0 amide bonds. The van der Waals surface area contributed by atoms with Crippen molar-refractivity contribution in [3.05, 3.63) is 27.4 Å². The Labute approximate surface area is 79.4 Å². The number of nitrogens with one attached hydrogen (secondary N) is 1. The lowest BCUT2D eigenvalue weighted by Gasteiger charge is -2.00. The van der Waals surface area contributed by atoms with E-state index in [9.17, 15) is 4.79 Å². The van der Waals surface area contributed by atoms with Crippen molar-refractivity contribution in [3.8, 4) is 0 Å². The number of aliphatic hydroxyl groups is 1. The van der Waals surface area contributed by atoms with Crippen molar-refractivity contribution in [2.75, 3.05) is 6.61 Å². The number of thioether (sulfide) groups is 1. The molecule has 1 aliphatic rings. The van der Waals surface area contributed by atoms with Gasteiger partial charge in [0.15, 0.2) is 0 Å². The lowest BCUT2D eigenvalue weighted by molar-refractivity contribution is 0.296. The molecule has 0 saturated heterocycles. The molecule has 0 spiro atoms. The van der Waals surface area contributed by atoms with Crippen molar-refractivity contribution in [3.63, 3.8) is 0 Å². The van der Waals surface area contributed by atoms with Crippen LogP contribution in [0.3, 0.4) is 0 Å². The van der Waals surface area contributed by atoms with Crippen LogP contribution < -0.4 is 5.56 Å². The van der Waals surface area contributed by atoms with E-state index in [0.29, 0.717) is 12.2 Å². The van der Waals surface area contributed by atoms with Gasteiger partial charge in [-0.05, 0) is 0 Å². The number of aromatic nitrogens is 2. The van der Waals surface area contributed by atoms with E-state index >= 15 is 0 Å². The Bertz CT molecular complexity index is 375. The van der Waals surface area contributed by atoms with Gasteiger partial charge in [-0.2, -0.15) is 11.8 Å². The van der Waals surface area contributed by atoms with Crippen LogP contribution in [0.1, 0.15) is 17.1 Å². The Morgan fingerprint density at radius 3 is 3.15 bits per heavy atom. The lowest BCUT2D eigenvalue weighted by atomic mass is 10.2. The molecule has 0 unspecified atom stereocenters. The van der Waals surface area contributed by atoms with Crippen LogP contribution in [0.2, 0.25) is 0 Å². The maximum atomic E-state index is 11.4. The number of hydrogen-bond donors (Lipinski definition) is 2. The Morgan fingerprint density at radius 1 is 1.54 bits per heavy atom. The maximum absolute atomic E-state index is 11.4. The van der Waals surface area contributed by atoms with Crippen molar-refractivity contribution in [1.82, 2.24) is 9.97 Å². The van der Waals surface area contributed by atoms with Crippen LogP contribution in [-0.2, 0) is 17.9 Å². The van der Waals surface area contributed by atoms with Crippen molar-refractivity contribution in [2.45, 2.75) is 17.9 Å². The summed E-state index contributed by atoms with van der Waals surface area (Å²) in [5.74, 6) is 2.17.